The molecule has 0 saturated carbocycles. The Hall–Kier alpha value is -1.95. The van der Waals surface area contributed by atoms with Gasteiger partial charge >= 0.3 is 5.97 Å². The average molecular weight is 266 g/mol. The normalized spacial score (nSPS) is 10.3. The topological polar surface area (TPSA) is 62.2 Å². The number of nitrogens with zero attached hydrogens (tertiary/aromatic N) is 1. The van der Waals surface area contributed by atoms with Crippen molar-refractivity contribution in [2.24, 2.45) is 0 Å². The summed E-state index contributed by atoms with van der Waals surface area (Å²) >= 11 is 1.48. The largest absolute Gasteiger partial charge is 0.478 e. The minimum atomic E-state index is -1.16. The number of carbonyl (C=O) groups is 1. The van der Waals surface area contributed by atoms with E-state index in [1.807, 2.05) is 6.92 Å². The third-order valence-electron chi connectivity index (χ3n) is 2.35. The molecule has 1 aromatic carbocycles. The van der Waals surface area contributed by atoms with E-state index in [2.05, 4.69) is 10.3 Å². The van der Waals surface area contributed by atoms with Crippen LogP contribution in [-0.2, 0) is 6.54 Å². The molecule has 0 radical (unpaired) electrons. The minimum absolute atomic E-state index is 0.0102. The van der Waals surface area contributed by atoms with Gasteiger partial charge in [-0.25, -0.2) is 14.2 Å². The Morgan fingerprint density at radius 3 is 2.94 bits per heavy atom. The van der Waals surface area contributed by atoms with E-state index in [-0.39, 0.29) is 11.3 Å². The second kappa shape index (κ2) is 5.14. The van der Waals surface area contributed by atoms with Gasteiger partial charge in [-0.3, -0.25) is 0 Å². The number of rotatable bonds is 4. The van der Waals surface area contributed by atoms with E-state index in [0.29, 0.717) is 6.54 Å². The van der Waals surface area contributed by atoms with Gasteiger partial charge in [0.25, 0.3) is 0 Å². The van der Waals surface area contributed by atoms with Crippen LogP contribution in [0.25, 0.3) is 0 Å². The number of aryl methyl sites for hydroxylation is 1. The first kappa shape index (κ1) is 12.5. The predicted octanol–water partition coefficient (Wildman–Crippen LogP) is 2.90. The highest BCUT2D eigenvalue weighted by atomic mass is 32.1. The lowest BCUT2D eigenvalue weighted by Crippen LogP contribution is -2.07. The molecule has 4 nitrogen and oxygen atoms in total. The number of aromatic nitrogens is 1. The molecular weight excluding hydrogens is 255 g/mol. The molecule has 0 spiro atoms. The number of halogens is 1. The molecule has 2 rings (SSSR count). The van der Waals surface area contributed by atoms with Gasteiger partial charge < -0.3 is 10.4 Å². The SMILES string of the molecule is Cc1ncc(CNc2c(F)cccc2C(=O)O)s1. The van der Waals surface area contributed by atoms with Gasteiger partial charge in [-0.15, -0.1) is 11.3 Å². The number of anilines is 1. The van der Waals surface area contributed by atoms with E-state index >= 15 is 0 Å². The second-order valence-electron chi connectivity index (χ2n) is 3.67. The lowest BCUT2D eigenvalue weighted by molar-refractivity contribution is 0.0697. The van der Waals surface area contributed by atoms with Crippen molar-refractivity contribution in [3.05, 3.63) is 45.7 Å². The van der Waals surface area contributed by atoms with Crippen LogP contribution >= 0.6 is 11.3 Å². The lowest BCUT2D eigenvalue weighted by atomic mass is 10.1. The second-order valence-corrected chi connectivity index (χ2v) is 4.99. The number of thiazole rings is 1. The van der Waals surface area contributed by atoms with Crippen molar-refractivity contribution < 1.29 is 14.3 Å². The summed E-state index contributed by atoms with van der Waals surface area (Å²) in [6.07, 6.45) is 1.69. The molecule has 0 aliphatic rings. The summed E-state index contributed by atoms with van der Waals surface area (Å²) in [6, 6.07) is 3.97. The molecule has 1 heterocycles. The van der Waals surface area contributed by atoms with Crippen LogP contribution in [-0.4, -0.2) is 16.1 Å². The Labute approximate surface area is 107 Å². The van der Waals surface area contributed by atoms with Crippen LogP contribution in [0.5, 0.6) is 0 Å². The third-order valence-corrected chi connectivity index (χ3v) is 3.27. The van der Waals surface area contributed by atoms with E-state index < -0.39 is 11.8 Å². The molecule has 0 aliphatic heterocycles. The molecule has 0 atom stereocenters. The smallest absolute Gasteiger partial charge is 0.337 e. The molecule has 2 N–H and O–H groups in total. The quantitative estimate of drug-likeness (QED) is 0.893. The maximum absolute atomic E-state index is 13.6. The fraction of sp³-hybridized carbons (Fsp3) is 0.167. The van der Waals surface area contributed by atoms with E-state index in [1.54, 1.807) is 6.20 Å². The van der Waals surface area contributed by atoms with Crippen LogP contribution < -0.4 is 5.32 Å². The molecule has 2 aromatic rings. The van der Waals surface area contributed by atoms with Gasteiger partial charge in [0.05, 0.1) is 22.8 Å². The molecular formula is C12H11FN2O2S. The first-order valence-corrected chi connectivity index (χ1v) is 6.06. The zero-order chi connectivity index (χ0) is 13.1. The van der Waals surface area contributed by atoms with Gasteiger partial charge in [0, 0.05) is 11.1 Å². The Morgan fingerprint density at radius 1 is 1.56 bits per heavy atom. The van der Waals surface area contributed by atoms with Gasteiger partial charge in [-0.2, -0.15) is 0 Å². The van der Waals surface area contributed by atoms with Crippen LogP contribution in [0.15, 0.2) is 24.4 Å². The fourth-order valence-electron chi connectivity index (χ4n) is 1.54. The van der Waals surface area contributed by atoms with Crippen molar-refractivity contribution in [1.82, 2.24) is 4.98 Å². The zero-order valence-corrected chi connectivity index (χ0v) is 10.4. The number of carboxylic acid groups (broad SMARTS) is 1. The van der Waals surface area contributed by atoms with Crippen LogP contribution in [0.1, 0.15) is 20.2 Å². The summed E-state index contributed by atoms with van der Waals surface area (Å²) in [5.74, 6) is -1.73. The number of aromatic carboxylic acids is 1. The molecule has 0 unspecified atom stereocenters. The highest BCUT2D eigenvalue weighted by Gasteiger charge is 2.13. The van der Waals surface area contributed by atoms with Crippen molar-refractivity contribution in [2.75, 3.05) is 5.32 Å². The van der Waals surface area contributed by atoms with Crippen LogP contribution in [0.4, 0.5) is 10.1 Å². The van der Waals surface area contributed by atoms with Gasteiger partial charge in [-0.05, 0) is 19.1 Å². The fourth-order valence-corrected chi connectivity index (χ4v) is 2.28. The van der Waals surface area contributed by atoms with Crippen molar-refractivity contribution in [1.29, 1.82) is 0 Å². The summed E-state index contributed by atoms with van der Waals surface area (Å²) in [6.45, 7) is 2.23. The van der Waals surface area contributed by atoms with Gasteiger partial charge in [0.1, 0.15) is 5.82 Å². The Morgan fingerprint density at radius 2 is 2.33 bits per heavy atom. The molecule has 94 valence electrons. The first-order chi connectivity index (χ1) is 8.58. The third kappa shape index (κ3) is 2.65. The van der Waals surface area contributed by atoms with Crippen LogP contribution in [0.2, 0.25) is 0 Å². The predicted molar refractivity (Wildman–Crippen MR) is 67.5 cm³/mol. The standard InChI is InChI=1S/C12H11FN2O2S/c1-7-14-5-8(18-7)6-15-11-9(12(16)17)3-2-4-10(11)13/h2-5,15H,6H2,1H3,(H,16,17). The summed E-state index contributed by atoms with van der Waals surface area (Å²) in [5, 5.41) is 12.7. The maximum Gasteiger partial charge on any atom is 0.337 e. The molecule has 0 bridgehead atoms. The number of carboxylic acids is 1. The Kier molecular flexibility index (Phi) is 3.57. The van der Waals surface area contributed by atoms with E-state index in [9.17, 15) is 9.18 Å². The minimum Gasteiger partial charge on any atom is -0.478 e. The van der Waals surface area contributed by atoms with Crippen LogP contribution in [0.3, 0.4) is 0 Å². The van der Waals surface area contributed by atoms with E-state index in [0.717, 1.165) is 9.88 Å². The molecule has 0 aliphatic carbocycles. The first-order valence-electron chi connectivity index (χ1n) is 5.25. The highest BCUT2D eigenvalue weighted by Crippen LogP contribution is 2.21. The maximum atomic E-state index is 13.6. The molecule has 0 fully saturated rings. The lowest BCUT2D eigenvalue weighted by Gasteiger charge is -2.09. The van der Waals surface area contributed by atoms with Crippen molar-refractivity contribution in [2.45, 2.75) is 13.5 Å². The molecule has 0 amide bonds. The number of para-hydroxylation sites is 1. The number of hydrogen-bond acceptors (Lipinski definition) is 4. The van der Waals surface area contributed by atoms with Crippen molar-refractivity contribution >= 4 is 23.0 Å². The zero-order valence-electron chi connectivity index (χ0n) is 9.61. The van der Waals surface area contributed by atoms with Gasteiger partial charge in [0.15, 0.2) is 0 Å². The van der Waals surface area contributed by atoms with Crippen molar-refractivity contribution in [3.8, 4) is 0 Å². The van der Waals surface area contributed by atoms with Gasteiger partial charge in [-0.1, -0.05) is 6.07 Å². The molecule has 18 heavy (non-hydrogen) atoms. The average Bonchev–Trinajstić information content (AvgIpc) is 2.73. The van der Waals surface area contributed by atoms with Gasteiger partial charge in [0.2, 0.25) is 0 Å². The molecule has 0 saturated heterocycles. The summed E-state index contributed by atoms with van der Waals surface area (Å²) in [4.78, 5) is 16.0. The molecule has 1 aromatic heterocycles. The Bertz CT molecular complexity index is 583. The summed E-state index contributed by atoms with van der Waals surface area (Å²) in [5.41, 5.74) is -0.0627. The Balaban J connectivity index is 2.20. The van der Waals surface area contributed by atoms with E-state index in [1.165, 1.54) is 29.5 Å². The van der Waals surface area contributed by atoms with E-state index in [4.69, 9.17) is 5.11 Å². The number of hydrogen-bond donors (Lipinski definition) is 2. The molecule has 6 heteroatoms. The monoisotopic (exact) mass is 266 g/mol. The van der Waals surface area contributed by atoms with Crippen molar-refractivity contribution in [3.63, 3.8) is 0 Å². The highest BCUT2D eigenvalue weighted by molar-refractivity contribution is 7.11. The summed E-state index contributed by atoms with van der Waals surface area (Å²) in [7, 11) is 0. The van der Waals surface area contributed by atoms with Crippen LogP contribution in [0, 0.1) is 12.7 Å². The number of benzene rings is 1. The number of nitrogens with one attached hydrogen (secondary N) is 1. The summed E-state index contributed by atoms with van der Waals surface area (Å²) < 4.78 is 13.6.